The third-order valence-corrected chi connectivity index (χ3v) is 3.33. The Bertz CT molecular complexity index is 376. The molecule has 0 radical (unpaired) electrons. The molecule has 1 heterocycles. The molecule has 1 atom stereocenters. The van der Waals surface area contributed by atoms with Crippen molar-refractivity contribution in [2.24, 2.45) is 0 Å². The van der Waals surface area contributed by atoms with Crippen LogP contribution in [0.5, 0.6) is 0 Å². The Morgan fingerprint density at radius 2 is 2.06 bits per heavy atom. The molecule has 1 aliphatic rings. The normalized spacial score (nSPS) is 19.2. The maximum Gasteiger partial charge on any atom is 0.123 e. The van der Waals surface area contributed by atoms with Gasteiger partial charge in [0.1, 0.15) is 12.5 Å². The second-order valence-corrected chi connectivity index (χ2v) is 4.46. The zero-order valence-electron chi connectivity index (χ0n) is 10.0. The van der Waals surface area contributed by atoms with E-state index in [1.54, 1.807) is 6.07 Å². The number of benzene rings is 1. The van der Waals surface area contributed by atoms with Gasteiger partial charge in [-0.1, -0.05) is 6.07 Å². The number of aryl methyl sites for hydroxylation is 1. The van der Waals surface area contributed by atoms with Crippen molar-refractivity contribution in [1.82, 2.24) is 10.2 Å². The number of hydrogen-bond donors (Lipinski definition) is 1. The molecule has 1 fully saturated rings. The Balaban J connectivity index is 2.21. The summed E-state index contributed by atoms with van der Waals surface area (Å²) in [7, 11) is 0. The Hall–Kier alpha value is -1.00. The molecule has 1 saturated heterocycles. The van der Waals surface area contributed by atoms with Gasteiger partial charge >= 0.3 is 0 Å². The van der Waals surface area contributed by atoms with E-state index in [9.17, 15) is 8.78 Å². The first-order valence-electron chi connectivity index (χ1n) is 5.99. The highest BCUT2D eigenvalue weighted by molar-refractivity contribution is 5.29. The summed E-state index contributed by atoms with van der Waals surface area (Å²) in [6.45, 7) is 4.86. The lowest BCUT2D eigenvalue weighted by Gasteiger charge is -2.34. The highest BCUT2D eigenvalue weighted by Gasteiger charge is 2.23. The molecule has 0 unspecified atom stereocenters. The van der Waals surface area contributed by atoms with Crippen molar-refractivity contribution in [2.45, 2.75) is 13.0 Å². The van der Waals surface area contributed by atoms with E-state index in [4.69, 9.17) is 0 Å². The minimum atomic E-state index is -0.424. The Morgan fingerprint density at radius 3 is 2.65 bits per heavy atom. The molecule has 94 valence electrons. The minimum absolute atomic E-state index is 0.238. The van der Waals surface area contributed by atoms with Crippen molar-refractivity contribution >= 4 is 0 Å². The predicted molar refractivity (Wildman–Crippen MR) is 64.3 cm³/mol. The van der Waals surface area contributed by atoms with Crippen LogP contribution in [0.3, 0.4) is 0 Å². The molecule has 4 heteroatoms. The fourth-order valence-electron chi connectivity index (χ4n) is 2.38. The van der Waals surface area contributed by atoms with Crippen molar-refractivity contribution < 1.29 is 8.78 Å². The molecule has 0 bridgehead atoms. The standard InChI is InChI=1S/C13H18F2N2/c1-10-8-11(15)2-3-12(10)13(9-14)17-6-4-16-5-7-17/h2-3,8,13,16H,4-7,9H2,1H3/t13-/m1/s1. The summed E-state index contributed by atoms with van der Waals surface area (Å²) >= 11 is 0. The van der Waals surface area contributed by atoms with Crippen molar-refractivity contribution in [3.05, 3.63) is 35.1 Å². The second kappa shape index (κ2) is 5.56. The lowest BCUT2D eigenvalue weighted by Crippen LogP contribution is -2.45. The Kier molecular flexibility index (Phi) is 4.07. The molecule has 0 aliphatic carbocycles. The van der Waals surface area contributed by atoms with E-state index in [1.165, 1.54) is 12.1 Å². The quantitative estimate of drug-likeness (QED) is 0.870. The first kappa shape index (κ1) is 12.5. The van der Waals surface area contributed by atoms with E-state index < -0.39 is 6.67 Å². The fraction of sp³-hybridized carbons (Fsp3) is 0.538. The lowest BCUT2D eigenvalue weighted by atomic mass is 10.00. The van der Waals surface area contributed by atoms with Gasteiger partial charge in [0, 0.05) is 26.2 Å². The van der Waals surface area contributed by atoms with Gasteiger partial charge in [0.15, 0.2) is 0 Å². The molecule has 1 aromatic carbocycles. The molecule has 2 nitrogen and oxygen atoms in total. The van der Waals surface area contributed by atoms with Gasteiger partial charge in [-0.15, -0.1) is 0 Å². The van der Waals surface area contributed by atoms with E-state index in [-0.39, 0.29) is 11.9 Å². The average Bonchev–Trinajstić information content (AvgIpc) is 2.34. The van der Waals surface area contributed by atoms with Crippen molar-refractivity contribution in [3.63, 3.8) is 0 Å². The lowest BCUT2D eigenvalue weighted by molar-refractivity contribution is 0.147. The van der Waals surface area contributed by atoms with E-state index >= 15 is 0 Å². The number of hydrogen-bond acceptors (Lipinski definition) is 2. The van der Waals surface area contributed by atoms with Crippen LogP contribution >= 0.6 is 0 Å². The number of piperazine rings is 1. The number of nitrogens with zero attached hydrogens (tertiary/aromatic N) is 1. The maximum absolute atomic E-state index is 13.3. The van der Waals surface area contributed by atoms with Gasteiger partial charge < -0.3 is 5.32 Å². The summed E-state index contributed by atoms with van der Waals surface area (Å²) in [5, 5.41) is 3.24. The van der Waals surface area contributed by atoms with Crippen LogP contribution in [0.15, 0.2) is 18.2 Å². The number of alkyl halides is 1. The van der Waals surface area contributed by atoms with Crippen LogP contribution in [0.2, 0.25) is 0 Å². The van der Waals surface area contributed by atoms with Crippen LogP contribution < -0.4 is 5.32 Å². The number of halogens is 2. The smallest absolute Gasteiger partial charge is 0.123 e. The number of nitrogens with one attached hydrogen (secondary N) is 1. The van der Waals surface area contributed by atoms with Crippen molar-refractivity contribution in [2.75, 3.05) is 32.9 Å². The minimum Gasteiger partial charge on any atom is -0.314 e. The molecule has 1 N–H and O–H groups in total. The highest BCUT2D eigenvalue weighted by atomic mass is 19.1. The topological polar surface area (TPSA) is 15.3 Å². The largest absolute Gasteiger partial charge is 0.314 e. The van der Waals surface area contributed by atoms with Crippen LogP contribution in [-0.2, 0) is 0 Å². The third-order valence-electron chi connectivity index (χ3n) is 3.33. The molecular formula is C13H18F2N2. The summed E-state index contributed by atoms with van der Waals surface area (Å²) in [5.74, 6) is -0.260. The molecule has 0 aromatic heterocycles. The first-order valence-corrected chi connectivity index (χ1v) is 5.99. The van der Waals surface area contributed by atoms with Crippen molar-refractivity contribution in [3.8, 4) is 0 Å². The highest BCUT2D eigenvalue weighted by Crippen LogP contribution is 2.25. The van der Waals surface area contributed by atoms with Gasteiger partial charge in [0.25, 0.3) is 0 Å². The summed E-state index contributed by atoms with van der Waals surface area (Å²) in [6, 6.07) is 4.35. The predicted octanol–water partition coefficient (Wildman–Crippen LogP) is 2.05. The van der Waals surface area contributed by atoms with E-state index in [0.29, 0.717) is 0 Å². The van der Waals surface area contributed by atoms with Crippen LogP contribution in [-0.4, -0.2) is 37.8 Å². The van der Waals surface area contributed by atoms with Crippen LogP contribution in [0.25, 0.3) is 0 Å². The van der Waals surface area contributed by atoms with E-state index in [2.05, 4.69) is 10.2 Å². The van der Waals surface area contributed by atoms with Crippen LogP contribution in [0.4, 0.5) is 8.78 Å². The zero-order chi connectivity index (χ0) is 12.3. The Morgan fingerprint density at radius 1 is 1.35 bits per heavy atom. The average molecular weight is 240 g/mol. The van der Waals surface area contributed by atoms with E-state index in [1.807, 2.05) is 6.92 Å². The molecule has 0 saturated carbocycles. The molecule has 0 amide bonds. The molecule has 2 rings (SSSR count). The SMILES string of the molecule is Cc1cc(F)ccc1[C@@H](CF)N1CCNCC1. The monoisotopic (exact) mass is 240 g/mol. The summed E-state index contributed by atoms with van der Waals surface area (Å²) in [4.78, 5) is 2.12. The third kappa shape index (κ3) is 2.82. The van der Waals surface area contributed by atoms with Gasteiger partial charge in [0.05, 0.1) is 6.04 Å². The molecule has 17 heavy (non-hydrogen) atoms. The fourth-order valence-corrected chi connectivity index (χ4v) is 2.38. The molecule has 1 aliphatic heterocycles. The second-order valence-electron chi connectivity index (χ2n) is 4.46. The van der Waals surface area contributed by atoms with Gasteiger partial charge in [-0.05, 0) is 30.2 Å². The maximum atomic E-state index is 13.3. The number of rotatable bonds is 3. The van der Waals surface area contributed by atoms with Gasteiger partial charge in [-0.25, -0.2) is 8.78 Å². The molecule has 1 aromatic rings. The summed E-state index contributed by atoms with van der Waals surface area (Å²) in [6.07, 6.45) is 0. The molecular weight excluding hydrogens is 222 g/mol. The van der Waals surface area contributed by atoms with E-state index in [0.717, 1.165) is 37.3 Å². The molecule has 0 spiro atoms. The zero-order valence-corrected chi connectivity index (χ0v) is 10.0. The Labute approximate surface area is 101 Å². The first-order chi connectivity index (χ1) is 8.22. The van der Waals surface area contributed by atoms with Crippen LogP contribution in [0, 0.1) is 12.7 Å². The van der Waals surface area contributed by atoms with Crippen LogP contribution in [0.1, 0.15) is 17.2 Å². The van der Waals surface area contributed by atoms with Gasteiger partial charge in [0.2, 0.25) is 0 Å². The summed E-state index contributed by atoms with van der Waals surface area (Å²) < 4.78 is 26.3. The van der Waals surface area contributed by atoms with Gasteiger partial charge in [-0.2, -0.15) is 0 Å². The summed E-state index contributed by atoms with van der Waals surface area (Å²) in [5.41, 5.74) is 1.72. The van der Waals surface area contributed by atoms with Crippen molar-refractivity contribution in [1.29, 1.82) is 0 Å². The van der Waals surface area contributed by atoms with Gasteiger partial charge in [-0.3, -0.25) is 4.90 Å².